The van der Waals surface area contributed by atoms with Crippen LogP contribution in [0.1, 0.15) is 22.4 Å². The van der Waals surface area contributed by atoms with Gasteiger partial charge in [-0.15, -0.1) is 11.3 Å². The van der Waals surface area contributed by atoms with Gasteiger partial charge in [0.25, 0.3) is 0 Å². The van der Waals surface area contributed by atoms with Gasteiger partial charge in [0.2, 0.25) is 0 Å². The van der Waals surface area contributed by atoms with E-state index < -0.39 is 0 Å². The highest BCUT2D eigenvalue weighted by atomic mass is 32.1. The Balaban J connectivity index is 2.22. The molecule has 0 aliphatic rings. The van der Waals surface area contributed by atoms with Crippen molar-refractivity contribution in [3.05, 3.63) is 40.1 Å². The fourth-order valence-corrected chi connectivity index (χ4v) is 2.41. The number of hydrogen-bond acceptors (Lipinski definition) is 6. The summed E-state index contributed by atoms with van der Waals surface area (Å²) in [4.78, 5) is 8.77. The highest BCUT2D eigenvalue weighted by molar-refractivity contribution is 7.09. The minimum absolute atomic E-state index is 0.109. The number of rotatable bonds is 5. The van der Waals surface area contributed by atoms with E-state index in [4.69, 9.17) is 10.6 Å². The molecular weight excluding hydrogens is 248 g/mol. The van der Waals surface area contributed by atoms with E-state index in [0.29, 0.717) is 6.42 Å². The van der Waals surface area contributed by atoms with Gasteiger partial charge in [-0.2, -0.15) is 0 Å². The third kappa shape index (κ3) is 2.84. The second kappa shape index (κ2) is 5.90. The number of pyridine rings is 1. The molecule has 1 unspecified atom stereocenters. The number of aromatic nitrogens is 2. The van der Waals surface area contributed by atoms with Crippen LogP contribution in [0.5, 0.6) is 5.75 Å². The summed E-state index contributed by atoms with van der Waals surface area (Å²) in [5, 5.41) is 3.09. The predicted molar refractivity (Wildman–Crippen MR) is 71.4 cm³/mol. The number of aryl methyl sites for hydroxylation is 1. The van der Waals surface area contributed by atoms with Gasteiger partial charge in [-0.3, -0.25) is 16.3 Å². The number of nitrogens with zero attached hydrogens (tertiary/aromatic N) is 2. The average molecular weight is 264 g/mol. The lowest BCUT2D eigenvalue weighted by atomic mass is 10.1. The summed E-state index contributed by atoms with van der Waals surface area (Å²) in [6.45, 7) is 1.99. The highest BCUT2D eigenvalue weighted by Crippen LogP contribution is 2.25. The van der Waals surface area contributed by atoms with Crippen LogP contribution >= 0.6 is 11.3 Å². The molecule has 6 heteroatoms. The zero-order chi connectivity index (χ0) is 13.0. The van der Waals surface area contributed by atoms with E-state index in [-0.39, 0.29) is 6.04 Å². The lowest BCUT2D eigenvalue weighted by Gasteiger charge is -2.16. The Morgan fingerprint density at radius 1 is 1.56 bits per heavy atom. The quantitative estimate of drug-likeness (QED) is 0.634. The zero-order valence-corrected chi connectivity index (χ0v) is 11.2. The number of ether oxygens (including phenoxy) is 1. The summed E-state index contributed by atoms with van der Waals surface area (Å²) >= 11 is 1.63. The van der Waals surface area contributed by atoms with E-state index in [2.05, 4.69) is 15.4 Å². The molecular formula is C12H16N4OS. The number of methoxy groups -OCH3 is 1. The lowest BCUT2D eigenvalue weighted by Crippen LogP contribution is -2.30. The minimum atomic E-state index is -0.109. The fraction of sp³-hybridized carbons (Fsp3) is 0.333. The molecule has 18 heavy (non-hydrogen) atoms. The van der Waals surface area contributed by atoms with Crippen LogP contribution in [0.3, 0.4) is 0 Å². The summed E-state index contributed by atoms with van der Waals surface area (Å²) in [5.41, 5.74) is 4.58. The zero-order valence-electron chi connectivity index (χ0n) is 10.4. The van der Waals surface area contributed by atoms with Gasteiger partial charge in [0.05, 0.1) is 23.9 Å². The first-order chi connectivity index (χ1) is 8.74. The number of hydrazine groups is 1. The van der Waals surface area contributed by atoms with Crippen LogP contribution in [0.4, 0.5) is 0 Å². The first kappa shape index (κ1) is 12.9. The van der Waals surface area contributed by atoms with Crippen LogP contribution in [-0.4, -0.2) is 17.1 Å². The molecule has 0 aliphatic heterocycles. The second-order valence-electron chi connectivity index (χ2n) is 3.87. The Morgan fingerprint density at radius 2 is 2.39 bits per heavy atom. The van der Waals surface area contributed by atoms with E-state index in [1.165, 1.54) is 0 Å². The number of hydrogen-bond donors (Lipinski definition) is 2. The van der Waals surface area contributed by atoms with Crippen molar-refractivity contribution in [2.45, 2.75) is 19.4 Å². The standard InChI is InChI=1S/C12H16N4OS/c1-8-15-9(7-18-8)6-10(16-13)12-11(17-2)4-3-5-14-12/h3-5,7,10,16H,6,13H2,1-2H3. The van der Waals surface area contributed by atoms with Crippen molar-refractivity contribution in [3.8, 4) is 5.75 Å². The van der Waals surface area contributed by atoms with Crippen LogP contribution in [0.2, 0.25) is 0 Å². The molecule has 0 saturated carbocycles. The highest BCUT2D eigenvalue weighted by Gasteiger charge is 2.17. The molecule has 0 fully saturated rings. The Kier molecular flexibility index (Phi) is 4.24. The van der Waals surface area contributed by atoms with Crippen LogP contribution in [0.25, 0.3) is 0 Å². The predicted octanol–water partition coefficient (Wildman–Crippen LogP) is 1.60. The van der Waals surface area contributed by atoms with Gasteiger partial charge >= 0.3 is 0 Å². The molecule has 0 amide bonds. The van der Waals surface area contributed by atoms with Gasteiger partial charge in [-0.25, -0.2) is 4.98 Å². The molecule has 0 radical (unpaired) electrons. The third-order valence-corrected chi connectivity index (χ3v) is 3.45. The van der Waals surface area contributed by atoms with Crippen LogP contribution in [-0.2, 0) is 6.42 Å². The largest absolute Gasteiger partial charge is 0.495 e. The van der Waals surface area contributed by atoms with Crippen molar-refractivity contribution in [2.24, 2.45) is 5.84 Å². The number of nitrogens with two attached hydrogens (primary N) is 1. The molecule has 2 heterocycles. The van der Waals surface area contributed by atoms with E-state index in [9.17, 15) is 0 Å². The lowest BCUT2D eigenvalue weighted by molar-refractivity contribution is 0.393. The molecule has 5 nitrogen and oxygen atoms in total. The summed E-state index contributed by atoms with van der Waals surface area (Å²) in [6.07, 6.45) is 2.42. The van der Waals surface area contributed by atoms with Crippen LogP contribution in [0.15, 0.2) is 23.7 Å². The summed E-state index contributed by atoms with van der Waals surface area (Å²) < 4.78 is 5.30. The smallest absolute Gasteiger partial charge is 0.142 e. The van der Waals surface area contributed by atoms with Gasteiger partial charge in [-0.05, 0) is 19.1 Å². The van der Waals surface area contributed by atoms with Gasteiger partial charge in [0.15, 0.2) is 0 Å². The Bertz CT molecular complexity index is 514. The molecule has 0 aromatic carbocycles. The maximum Gasteiger partial charge on any atom is 0.142 e. The normalized spacial score (nSPS) is 12.4. The topological polar surface area (TPSA) is 73.1 Å². The summed E-state index contributed by atoms with van der Waals surface area (Å²) in [5.74, 6) is 6.34. The molecule has 0 spiro atoms. The summed E-state index contributed by atoms with van der Waals surface area (Å²) in [6, 6.07) is 3.60. The maximum absolute atomic E-state index is 5.61. The van der Waals surface area contributed by atoms with Crippen molar-refractivity contribution in [1.82, 2.24) is 15.4 Å². The van der Waals surface area contributed by atoms with Gasteiger partial charge < -0.3 is 4.74 Å². The van der Waals surface area contributed by atoms with Crippen molar-refractivity contribution in [3.63, 3.8) is 0 Å². The van der Waals surface area contributed by atoms with Crippen molar-refractivity contribution < 1.29 is 4.74 Å². The van der Waals surface area contributed by atoms with Gasteiger partial charge in [0.1, 0.15) is 11.4 Å². The fourth-order valence-electron chi connectivity index (χ4n) is 1.78. The number of thiazole rings is 1. The molecule has 2 aromatic rings. The number of nitrogens with one attached hydrogen (secondary N) is 1. The Labute approximate surface area is 110 Å². The van der Waals surface area contributed by atoms with Gasteiger partial charge in [-0.1, -0.05) is 0 Å². The molecule has 0 saturated heterocycles. The molecule has 2 rings (SSSR count). The van der Waals surface area contributed by atoms with Crippen molar-refractivity contribution >= 4 is 11.3 Å². The van der Waals surface area contributed by atoms with Crippen molar-refractivity contribution in [2.75, 3.05) is 7.11 Å². The monoisotopic (exact) mass is 264 g/mol. The molecule has 0 bridgehead atoms. The molecule has 1 atom stereocenters. The van der Waals surface area contributed by atoms with Crippen LogP contribution in [0, 0.1) is 6.92 Å². The third-order valence-electron chi connectivity index (χ3n) is 2.63. The van der Waals surface area contributed by atoms with Gasteiger partial charge in [0, 0.05) is 18.0 Å². The molecule has 3 N–H and O–H groups in total. The Hall–Kier alpha value is -1.50. The van der Waals surface area contributed by atoms with E-state index in [1.807, 2.05) is 24.4 Å². The maximum atomic E-state index is 5.61. The first-order valence-electron chi connectivity index (χ1n) is 5.60. The Morgan fingerprint density at radius 3 is 3.00 bits per heavy atom. The van der Waals surface area contributed by atoms with E-state index in [1.54, 1.807) is 24.6 Å². The average Bonchev–Trinajstić information content (AvgIpc) is 2.81. The first-order valence-corrected chi connectivity index (χ1v) is 6.48. The minimum Gasteiger partial charge on any atom is -0.495 e. The second-order valence-corrected chi connectivity index (χ2v) is 4.93. The van der Waals surface area contributed by atoms with Crippen LogP contribution < -0.4 is 16.0 Å². The summed E-state index contributed by atoms with van der Waals surface area (Å²) in [7, 11) is 1.63. The van der Waals surface area contributed by atoms with Crippen molar-refractivity contribution in [1.29, 1.82) is 0 Å². The van der Waals surface area contributed by atoms with E-state index >= 15 is 0 Å². The molecule has 2 aromatic heterocycles. The molecule has 0 aliphatic carbocycles. The van der Waals surface area contributed by atoms with E-state index in [0.717, 1.165) is 22.1 Å². The molecule has 96 valence electrons. The SMILES string of the molecule is COc1cccnc1C(Cc1csc(C)n1)NN.